The van der Waals surface area contributed by atoms with E-state index < -0.39 is 65.4 Å². The maximum atomic E-state index is 13.2. The Hall–Kier alpha value is -3.26. The lowest BCUT2D eigenvalue weighted by Gasteiger charge is -2.28. The average Bonchev–Trinajstić information content (AvgIpc) is 2.82. The number of nitrogens with one attached hydrogen (secondary N) is 4. The summed E-state index contributed by atoms with van der Waals surface area (Å²) in [5, 5.41) is 16.5. The maximum absolute atomic E-state index is 13.2. The first kappa shape index (κ1) is 34.7. The third kappa shape index (κ3) is 13.9. The fourth-order valence-electron chi connectivity index (χ4n) is 3.80. The zero-order valence-corrected chi connectivity index (χ0v) is 22.7. The van der Waals surface area contributed by atoms with E-state index in [1.54, 1.807) is 13.8 Å². The second-order valence-corrected chi connectivity index (χ2v) is 10.1. The van der Waals surface area contributed by atoms with Crippen molar-refractivity contribution in [3.8, 4) is 0 Å². The van der Waals surface area contributed by atoms with E-state index in [0.717, 1.165) is 0 Å². The first-order valence-corrected chi connectivity index (χ1v) is 12.8. The number of primary amides is 2. The minimum absolute atomic E-state index is 0.0495. The minimum Gasteiger partial charge on any atom is -0.370 e. The lowest BCUT2D eigenvalue weighted by Crippen LogP contribution is -2.58. The third-order valence-corrected chi connectivity index (χ3v) is 5.85. The van der Waals surface area contributed by atoms with Crippen LogP contribution in [0.25, 0.3) is 0 Å². The Bertz CT molecular complexity index is 820. The molecule has 6 amide bonds. The summed E-state index contributed by atoms with van der Waals surface area (Å²) in [6.45, 7) is 7.49. The number of hydroxylamine groups is 1. The summed E-state index contributed by atoms with van der Waals surface area (Å²) in [5.74, 6) is -5.38. The van der Waals surface area contributed by atoms with Crippen molar-refractivity contribution in [2.75, 3.05) is 6.54 Å². The molecule has 0 aliphatic heterocycles. The molecule has 0 aromatic rings. The first-order chi connectivity index (χ1) is 17.7. The SMILES string of the molecule is CC(C)C[C@H](CC(=O)NO)C(=O)N[C@H](C(=O)N[C@@H](CCC(N)=O)C(=O)N[C@@H](CCCCN)C(N)=O)C(C)C. The number of hydrogen-bond donors (Lipinski definition) is 8. The summed E-state index contributed by atoms with van der Waals surface area (Å²) in [4.78, 5) is 74.0. The highest BCUT2D eigenvalue weighted by Gasteiger charge is 2.32. The maximum Gasteiger partial charge on any atom is 0.244 e. The van der Waals surface area contributed by atoms with Crippen LogP contribution in [0.1, 0.15) is 72.6 Å². The van der Waals surface area contributed by atoms with E-state index in [1.165, 1.54) is 5.48 Å². The van der Waals surface area contributed by atoms with Crippen LogP contribution in [-0.2, 0) is 28.8 Å². The Morgan fingerprint density at radius 3 is 1.87 bits per heavy atom. The van der Waals surface area contributed by atoms with Gasteiger partial charge >= 0.3 is 0 Å². The summed E-state index contributed by atoms with van der Waals surface area (Å²) in [5.41, 5.74) is 17.6. The van der Waals surface area contributed by atoms with Gasteiger partial charge in [0.15, 0.2) is 0 Å². The standard InChI is InChI=1S/C24H45N7O7/c1-13(2)11-15(12-19(33)31-38)22(35)30-20(14(3)4)24(37)29-17(8-9-18(26)32)23(36)28-16(21(27)34)7-5-6-10-25/h13-17,20,38H,5-12,25H2,1-4H3,(H2,26,32)(H2,27,34)(H,28,36)(H,29,37)(H,30,35)(H,31,33)/t15-,16+,17+,20+/m1/s1. The molecule has 0 aromatic heterocycles. The van der Waals surface area contributed by atoms with E-state index in [4.69, 9.17) is 22.4 Å². The predicted molar refractivity (Wildman–Crippen MR) is 139 cm³/mol. The number of amides is 6. The zero-order chi connectivity index (χ0) is 29.4. The molecule has 0 rings (SSSR count). The van der Waals surface area contributed by atoms with Crippen molar-refractivity contribution in [1.29, 1.82) is 0 Å². The van der Waals surface area contributed by atoms with Crippen LogP contribution in [-0.4, -0.2) is 65.3 Å². The van der Waals surface area contributed by atoms with Crippen molar-refractivity contribution < 1.29 is 34.0 Å². The highest BCUT2D eigenvalue weighted by atomic mass is 16.5. The van der Waals surface area contributed by atoms with Crippen LogP contribution in [0, 0.1) is 17.8 Å². The number of hydrogen-bond acceptors (Lipinski definition) is 8. The highest BCUT2D eigenvalue weighted by Crippen LogP contribution is 2.17. The van der Waals surface area contributed by atoms with Gasteiger partial charge in [-0.05, 0) is 50.5 Å². The molecule has 14 nitrogen and oxygen atoms in total. The van der Waals surface area contributed by atoms with Gasteiger partial charge in [0, 0.05) is 18.8 Å². The fraction of sp³-hybridized carbons (Fsp3) is 0.750. The van der Waals surface area contributed by atoms with Crippen LogP contribution in [0.5, 0.6) is 0 Å². The molecule has 0 unspecified atom stereocenters. The molecule has 0 saturated heterocycles. The fourth-order valence-corrected chi connectivity index (χ4v) is 3.80. The quantitative estimate of drug-likeness (QED) is 0.0541. The molecule has 0 fully saturated rings. The number of rotatable bonds is 19. The Labute approximate surface area is 223 Å². The van der Waals surface area contributed by atoms with Gasteiger partial charge in [-0.25, -0.2) is 5.48 Å². The monoisotopic (exact) mass is 543 g/mol. The molecule has 0 radical (unpaired) electrons. The Morgan fingerprint density at radius 1 is 0.789 bits per heavy atom. The second kappa shape index (κ2) is 18.1. The second-order valence-electron chi connectivity index (χ2n) is 10.1. The van der Waals surface area contributed by atoms with Crippen LogP contribution < -0.4 is 38.6 Å². The van der Waals surface area contributed by atoms with E-state index in [0.29, 0.717) is 25.8 Å². The number of carbonyl (C=O) groups is 6. The Kier molecular flexibility index (Phi) is 16.5. The predicted octanol–water partition coefficient (Wildman–Crippen LogP) is -1.47. The van der Waals surface area contributed by atoms with Gasteiger partial charge in [-0.15, -0.1) is 0 Å². The first-order valence-electron chi connectivity index (χ1n) is 12.8. The summed E-state index contributed by atoms with van der Waals surface area (Å²) in [6, 6.07) is -3.33. The molecule has 0 aliphatic carbocycles. The molecule has 14 heteroatoms. The summed E-state index contributed by atoms with van der Waals surface area (Å²) < 4.78 is 0. The number of carbonyl (C=O) groups excluding carboxylic acids is 6. The summed E-state index contributed by atoms with van der Waals surface area (Å²) >= 11 is 0. The highest BCUT2D eigenvalue weighted by molar-refractivity contribution is 5.95. The van der Waals surface area contributed by atoms with Crippen molar-refractivity contribution >= 4 is 35.4 Å². The summed E-state index contributed by atoms with van der Waals surface area (Å²) in [6.07, 6.45) is 1.08. The van der Waals surface area contributed by atoms with Gasteiger partial charge < -0.3 is 33.2 Å². The molecule has 0 heterocycles. The molecule has 0 aromatic carbocycles. The van der Waals surface area contributed by atoms with Crippen molar-refractivity contribution in [2.24, 2.45) is 35.0 Å². The molecule has 0 aliphatic rings. The van der Waals surface area contributed by atoms with Gasteiger partial charge in [-0.2, -0.15) is 0 Å². The molecule has 218 valence electrons. The molecule has 0 spiro atoms. The van der Waals surface area contributed by atoms with E-state index in [2.05, 4.69) is 16.0 Å². The molecule has 38 heavy (non-hydrogen) atoms. The molecular weight excluding hydrogens is 498 g/mol. The Morgan fingerprint density at radius 2 is 1.39 bits per heavy atom. The lowest BCUT2D eigenvalue weighted by molar-refractivity contribution is -0.137. The lowest BCUT2D eigenvalue weighted by atomic mass is 9.92. The van der Waals surface area contributed by atoms with Crippen LogP contribution >= 0.6 is 0 Å². The van der Waals surface area contributed by atoms with E-state index in [-0.39, 0.29) is 31.6 Å². The normalized spacial score (nSPS) is 14.2. The van der Waals surface area contributed by atoms with Crippen molar-refractivity contribution in [1.82, 2.24) is 21.4 Å². The van der Waals surface area contributed by atoms with E-state index >= 15 is 0 Å². The van der Waals surface area contributed by atoms with Crippen molar-refractivity contribution in [2.45, 2.75) is 90.8 Å². The topological polar surface area (TPSA) is 249 Å². The van der Waals surface area contributed by atoms with Gasteiger partial charge in [-0.3, -0.25) is 34.0 Å². The van der Waals surface area contributed by atoms with Crippen LogP contribution in [0.3, 0.4) is 0 Å². The smallest absolute Gasteiger partial charge is 0.244 e. The number of nitrogens with two attached hydrogens (primary N) is 3. The minimum atomic E-state index is -1.24. The van der Waals surface area contributed by atoms with Gasteiger partial charge in [0.1, 0.15) is 18.1 Å². The van der Waals surface area contributed by atoms with Gasteiger partial charge in [0.2, 0.25) is 35.4 Å². The van der Waals surface area contributed by atoms with Crippen LogP contribution in [0.2, 0.25) is 0 Å². The van der Waals surface area contributed by atoms with Gasteiger partial charge in [0.25, 0.3) is 0 Å². The van der Waals surface area contributed by atoms with E-state index in [1.807, 2.05) is 13.8 Å². The average molecular weight is 544 g/mol. The third-order valence-electron chi connectivity index (χ3n) is 5.85. The molecule has 4 atom stereocenters. The molecular formula is C24H45N7O7. The van der Waals surface area contributed by atoms with Crippen LogP contribution in [0.15, 0.2) is 0 Å². The number of unbranched alkanes of at least 4 members (excludes halogenated alkanes) is 1. The Balaban J connectivity index is 5.68. The summed E-state index contributed by atoms with van der Waals surface area (Å²) in [7, 11) is 0. The molecule has 0 bridgehead atoms. The molecule has 11 N–H and O–H groups in total. The molecule has 0 saturated carbocycles. The zero-order valence-electron chi connectivity index (χ0n) is 22.7. The largest absolute Gasteiger partial charge is 0.370 e. The van der Waals surface area contributed by atoms with Gasteiger partial charge in [0.05, 0.1) is 0 Å². The van der Waals surface area contributed by atoms with Gasteiger partial charge in [-0.1, -0.05) is 27.7 Å². The van der Waals surface area contributed by atoms with Crippen molar-refractivity contribution in [3.63, 3.8) is 0 Å². The van der Waals surface area contributed by atoms with Crippen LogP contribution in [0.4, 0.5) is 0 Å². The van der Waals surface area contributed by atoms with Crippen molar-refractivity contribution in [3.05, 3.63) is 0 Å². The van der Waals surface area contributed by atoms with E-state index in [9.17, 15) is 28.8 Å².